The Morgan fingerprint density at radius 2 is 1.93 bits per heavy atom. The van der Waals surface area contributed by atoms with Gasteiger partial charge in [-0.15, -0.1) is 0 Å². The number of para-hydroxylation sites is 1. The molecule has 0 unspecified atom stereocenters. The van der Waals surface area contributed by atoms with Crippen LogP contribution in [0, 0.1) is 6.92 Å². The number of amides is 1. The SMILES string of the molecule is Cc1cccc2c(C(=O)NCC(C)(C)N3CCCCC3)cc(-c3cccnc3)nc12. The summed E-state index contributed by atoms with van der Waals surface area (Å²) in [4.78, 5) is 24.9. The summed E-state index contributed by atoms with van der Waals surface area (Å²) in [6, 6.07) is 11.7. The van der Waals surface area contributed by atoms with Crippen LogP contribution in [0.2, 0.25) is 0 Å². The number of benzene rings is 1. The molecule has 0 atom stereocenters. The van der Waals surface area contributed by atoms with Gasteiger partial charge in [-0.3, -0.25) is 14.7 Å². The monoisotopic (exact) mass is 402 g/mol. The lowest BCUT2D eigenvalue weighted by molar-refractivity contribution is 0.0798. The molecule has 0 saturated carbocycles. The van der Waals surface area contributed by atoms with E-state index in [1.54, 1.807) is 12.4 Å². The normalized spacial score (nSPS) is 15.3. The van der Waals surface area contributed by atoms with Crippen LogP contribution in [0.25, 0.3) is 22.2 Å². The summed E-state index contributed by atoms with van der Waals surface area (Å²) >= 11 is 0. The van der Waals surface area contributed by atoms with Gasteiger partial charge in [0.2, 0.25) is 0 Å². The molecule has 1 N–H and O–H groups in total. The van der Waals surface area contributed by atoms with Crippen LogP contribution in [0.15, 0.2) is 48.8 Å². The number of fused-ring (bicyclic) bond motifs is 1. The molecule has 0 radical (unpaired) electrons. The first-order chi connectivity index (χ1) is 14.5. The summed E-state index contributed by atoms with van der Waals surface area (Å²) in [5.74, 6) is -0.0526. The van der Waals surface area contributed by atoms with Crippen LogP contribution < -0.4 is 5.32 Å². The zero-order valence-electron chi connectivity index (χ0n) is 18.1. The van der Waals surface area contributed by atoms with Crippen molar-refractivity contribution in [1.82, 2.24) is 20.2 Å². The van der Waals surface area contributed by atoms with E-state index in [4.69, 9.17) is 4.98 Å². The molecule has 0 bridgehead atoms. The number of aryl methyl sites for hydroxylation is 1. The molecule has 4 rings (SSSR count). The van der Waals surface area contributed by atoms with Gasteiger partial charge in [-0.1, -0.05) is 24.6 Å². The van der Waals surface area contributed by atoms with Crippen molar-refractivity contribution in [2.75, 3.05) is 19.6 Å². The second kappa shape index (κ2) is 8.52. The number of carbonyl (C=O) groups excluding carboxylic acids is 1. The highest BCUT2D eigenvalue weighted by molar-refractivity contribution is 6.07. The smallest absolute Gasteiger partial charge is 0.252 e. The van der Waals surface area contributed by atoms with Gasteiger partial charge in [-0.25, -0.2) is 4.98 Å². The van der Waals surface area contributed by atoms with Gasteiger partial charge in [-0.2, -0.15) is 0 Å². The molecule has 30 heavy (non-hydrogen) atoms. The van der Waals surface area contributed by atoms with Gasteiger partial charge in [0.1, 0.15) is 0 Å². The van der Waals surface area contributed by atoms with Crippen molar-refractivity contribution in [3.8, 4) is 11.3 Å². The Morgan fingerprint density at radius 1 is 1.13 bits per heavy atom. The molecule has 2 aromatic heterocycles. The van der Waals surface area contributed by atoms with Crippen molar-refractivity contribution in [3.05, 3.63) is 59.9 Å². The lowest BCUT2D eigenvalue weighted by atomic mass is 9.98. The molecular weight excluding hydrogens is 372 g/mol. The summed E-state index contributed by atoms with van der Waals surface area (Å²) in [5.41, 5.74) is 4.19. The molecule has 0 aliphatic carbocycles. The maximum atomic E-state index is 13.3. The van der Waals surface area contributed by atoms with Gasteiger partial charge in [-0.05, 0) is 70.5 Å². The van der Waals surface area contributed by atoms with Crippen LogP contribution in [-0.2, 0) is 0 Å². The highest BCUT2D eigenvalue weighted by Crippen LogP contribution is 2.27. The van der Waals surface area contributed by atoms with E-state index in [-0.39, 0.29) is 11.4 Å². The number of likely N-dealkylation sites (tertiary alicyclic amines) is 1. The lowest BCUT2D eigenvalue weighted by Gasteiger charge is -2.41. The van der Waals surface area contributed by atoms with Gasteiger partial charge >= 0.3 is 0 Å². The molecule has 3 heterocycles. The van der Waals surface area contributed by atoms with E-state index in [2.05, 4.69) is 29.0 Å². The largest absolute Gasteiger partial charge is 0.350 e. The van der Waals surface area contributed by atoms with Crippen LogP contribution in [0.1, 0.15) is 49.0 Å². The highest BCUT2D eigenvalue weighted by Gasteiger charge is 2.28. The Bertz CT molecular complexity index is 1040. The van der Waals surface area contributed by atoms with Crippen molar-refractivity contribution in [2.45, 2.75) is 45.6 Å². The number of pyridine rings is 2. The number of hydrogen-bond acceptors (Lipinski definition) is 4. The second-order valence-corrected chi connectivity index (χ2v) is 8.81. The summed E-state index contributed by atoms with van der Waals surface area (Å²) in [6.07, 6.45) is 7.30. The molecular formula is C25H30N4O. The van der Waals surface area contributed by atoms with Crippen LogP contribution in [0.3, 0.4) is 0 Å². The van der Waals surface area contributed by atoms with Crippen molar-refractivity contribution in [2.24, 2.45) is 0 Å². The quantitative estimate of drug-likeness (QED) is 0.678. The molecule has 1 amide bonds. The predicted molar refractivity (Wildman–Crippen MR) is 122 cm³/mol. The van der Waals surface area contributed by atoms with Crippen LogP contribution in [0.4, 0.5) is 0 Å². The molecule has 5 nitrogen and oxygen atoms in total. The van der Waals surface area contributed by atoms with E-state index in [9.17, 15) is 4.79 Å². The third-order valence-electron chi connectivity index (χ3n) is 6.14. The van der Waals surface area contributed by atoms with E-state index in [0.29, 0.717) is 12.1 Å². The molecule has 1 aliphatic heterocycles. The number of aromatic nitrogens is 2. The van der Waals surface area contributed by atoms with E-state index < -0.39 is 0 Å². The third-order valence-corrected chi connectivity index (χ3v) is 6.14. The van der Waals surface area contributed by atoms with E-state index in [1.807, 2.05) is 43.3 Å². The molecule has 1 fully saturated rings. The van der Waals surface area contributed by atoms with Crippen molar-refractivity contribution in [1.29, 1.82) is 0 Å². The lowest BCUT2D eigenvalue weighted by Crippen LogP contribution is -2.53. The van der Waals surface area contributed by atoms with Crippen LogP contribution >= 0.6 is 0 Å². The highest BCUT2D eigenvalue weighted by atomic mass is 16.1. The number of hydrogen-bond donors (Lipinski definition) is 1. The molecule has 5 heteroatoms. The minimum Gasteiger partial charge on any atom is -0.350 e. The fourth-order valence-corrected chi connectivity index (χ4v) is 4.24. The molecule has 1 saturated heterocycles. The van der Waals surface area contributed by atoms with Crippen LogP contribution in [-0.4, -0.2) is 45.9 Å². The molecule has 1 aliphatic rings. The minimum atomic E-state index is -0.0684. The maximum Gasteiger partial charge on any atom is 0.252 e. The topological polar surface area (TPSA) is 58.1 Å². The Hall–Kier alpha value is -2.79. The number of carbonyl (C=O) groups is 1. The average Bonchev–Trinajstić information content (AvgIpc) is 2.78. The first-order valence-corrected chi connectivity index (χ1v) is 10.8. The Balaban J connectivity index is 1.65. The van der Waals surface area contributed by atoms with Gasteiger partial charge in [0.05, 0.1) is 16.8 Å². The molecule has 156 valence electrons. The predicted octanol–water partition coefficient (Wildman–Crippen LogP) is 4.60. The Kier molecular flexibility index (Phi) is 5.82. The maximum absolute atomic E-state index is 13.3. The van der Waals surface area contributed by atoms with Gasteiger partial charge in [0.15, 0.2) is 0 Å². The van der Waals surface area contributed by atoms with Crippen molar-refractivity contribution < 1.29 is 4.79 Å². The van der Waals surface area contributed by atoms with Crippen LogP contribution in [0.5, 0.6) is 0 Å². The first kappa shape index (κ1) is 20.5. The second-order valence-electron chi connectivity index (χ2n) is 8.81. The average molecular weight is 403 g/mol. The van der Waals surface area contributed by atoms with Gasteiger partial charge in [0, 0.05) is 35.4 Å². The standard InChI is InChI=1S/C25H30N4O/c1-18-9-7-11-20-21(15-22(28-23(18)20)19-10-8-12-26-16-19)24(30)27-17-25(2,3)29-13-5-4-6-14-29/h7-12,15-16H,4-6,13-14,17H2,1-3H3,(H,27,30). The fourth-order valence-electron chi connectivity index (χ4n) is 4.24. The third kappa shape index (κ3) is 4.21. The Morgan fingerprint density at radius 3 is 2.67 bits per heavy atom. The van der Waals surface area contributed by atoms with Gasteiger partial charge < -0.3 is 5.32 Å². The summed E-state index contributed by atoms with van der Waals surface area (Å²) < 4.78 is 0. The number of nitrogens with zero attached hydrogens (tertiary/aromatic N) is 3. The number of rotatable bonds is 5. The number of piperidine rings is 1. The van der Waals surface area contributed by atoms with Crippen molar-refractivity contribution in [3.63, 3.8) is 0 Å². The van der Waals surface area contributed by atoms with Crippen molar-refractivity contribution >= 4 is 16.8 Å². The minimum absolute atomic E-state index is 0.0526. The molecule has 3 aromatic rings. The van der Waals surface area contributed by atoms with E-state index in [0.717, 1.165) is 40.8 Å². The molecule has 1 aromatic carbocycles. The van der Waals surface area contributed by atoms with Gasteiger partial charge in [0.25, 0.3) is 5.91 Å². The molecule has 0 spiro atoms. The van der Waals surface area contributed by atoms with E-state index >= 15 is 0 Å². The summed E-state index contributed by atoms with van der Waals surface area (Å²) in [6.45, 7) is 9.28. The zero-order chi connectivity index (χ0) is 21.1. The fraction of sp³-hybridized carbons (Fsp3) is 0.400. The first-order valence-electron chi connectivity index (χ1n) is 10.8. The summed E-state index contributed by atoms with van der Waals surface area (Å²) in [7, 11) is 0. The summed E-state index contributed by atoms with van der Waals surface area (Å²) in [5, 5.41) is 4.09. The Labute approximate surface area is 178 Å². The number of nitrogens with one attached hydrogen (secondary N) is 1. The zero-order valence-corrected chi connectivity index (χ0v) is 18.1. The van der Waals surface area contributed by atoms with E-state index in [1.165, 1.54) is 19.3 Å².